The van der Waals surface area contributed by atoms with Crippen LogP contribution >= 0.6 is 0 Å². The Balaban J connectivity index is 1.49. The highest BCUT2D eigenvalue weighted by Crippen LogP contribution is 2.55. The van der Waals surface area contributed by atoms with Gasteiger partial charge in [-0.2, -0.15) is 0 Å². The molecule has 4 aliphatic carbocycles. The number of urea groups is 1. The van der Waals surface area contributed by atoms with Gasteiger partial charge in [0.25, 0.3) is 0 Å². The van der Waals surface area contributed by atoms with Gasteiger partial charge >= 0.3 is 6.03 Å². The van der Waals surface area contributed by atoms with Crippen molar-refractivity contribution in [2.45, 2.75) is 69.9 Å². The topological polar surface area (TPSA) is 61.4 Å². The van der Waals surface area contributed by atoms with Gasteiger partial charge in [0.1, 0.15) is 0 Å². The highest BCUT2D eigenvalue weighted by atomic mass is 16.3. The maximum atomic E-state index is 12.1. The first-order valence-corrected chi connectivity index (χ1v) is 8.32. The van der Waals surface area contributed by atoms with Gasteiger partial charge in [0.05, 0.1) is 6.10 Å². The lowest BCUT2D eigenvalue weighted by molar-refractivity contribution is -0.0135. The number of hydrogen-bond acceptors (Lipinski definition) is 2. The van der Waals surface area contributed by atoms with Crippen LogP contribution in [0.3, 0.4) is 0 Å². The number of carbonyl (C=O) groups excluding carboxylic acids is 1. The Bertz CT molecular complexity index is 334. The molecule has 114 valence electrons. The minimum absolute atomic E-state index is 0.0322. The molecule has 20 heavy (non-hydrogen) atoms. The SMILES string of the molecule is CCC(O)CCNC(=O)NC12CC3CC(CC(C3)C1)C2. The van der Waals surface area contributed by atoms with E-state index in [1.54, 1.807) is 0 Å². The quantitative estimate of drug-likeness (QED) is 0.724. The van der Waals surface area contributed by atoms with E-state index in [-0.39, 0.29) is 17.7 Å². The van der Waals surface area contributed by atoms with E-state index in [1.807, 2.05) is 6.92 Å². The van der Waals surface area contributed by atoms with E-state index in [9.17, 15) is 9.90 Å². The second kappa shape index (κ2) is 5.55. The van der Waals surface area contributed by atoms with Crippen molar-refractivity contribution < 1.29 is 9.90 Å². The van der Waals surface area contributed by atoms with Crippen LogP contribution < -0.4 is 10.6 Å². The predicted molar refractivity (Wildman–Crippen MR) is 78.4 cm³/mol. The van der Waals surface area contributed by atoms with Gasteiger partial charge in [0, 0.05) is 12.1 Å². The van der Waals surface area contributed by atoms with Crippen molar-refractivity contribution in [1.82, 2.24) is 10.6 Å². The molecule has 4 saturated carbocycles. The van der Waals surface area contributed by atoms with Gasteiger partial charge in [-0.15, -0.1) is 0 Å². The zero-order valence-corrected chi connectivity index (χ0v) is 12.5. The van der Waals surface area contributed by atoms with Gasteiger partial charge < -0.3 is 15.7 Å². The third kappa shape index (κ3) is 2.95. The molecule has 1 atom stereocenters. The van der Waals surface area contributed by atoms with Crippen molar-refractivity contribution in [3.8, 4) is 0 Å². The van der Waals surface area contributed by atoms with E-state index < -0.39 is 0 Å². The van der Waals surface area contributed by atoms with Gasteiger partial charge in [0.2, 0.25) is 0 Å². The van der Waals surface area contributed by atoms with Crippen LogP contribution in [0.2, 0.25) is 0 Å². The minimum atomic E-state index is -0.296. The molecule has 3 N–H and O–H groups in total. The summed E-state index contributed by atoms with van der Waals surface area (Å²) in [4.78, 5) is 12.1. The molecule has 0 spiro atoms. The number of hydrogen-bond donors (Lipinski definition) is 3. The lowest BCUT2D eigenvalue weighted by atomic mass is 9.53. The van der Waals surface area contributed by atoms with Gasteiger partial charge in [-0.05, 0) is 69.1 Å². The summed E-state index contributed by atoms with van der Waals surface area (Å²) in [7, 11) is 0. The summed E-state index contributed by atoms with van der Waals surface area (Å²) in [6, 6.07) is -0.0322. The first kappa shape index (κ1) is 14.2. The summed E-state index contributed by atoms with van der Waals surface area (Å²) in [6.07, 6.45) is 8.83. The molecular weight excluding hydrogens is 252 g/mol. The number of aliphatic hydroxyl groups excluding tert-OH is 1. The summed E-state index contributed by atoms with van der Waals surface area (Å²) in [5.74, 6) is 2.55. The molecular formula is C16H28N2O2. The Morgan fingerprint density at radius 3 is 2.25 bits per heavy atom. The molecule has 4 heteroatoms. The second-order valence-corrected chi connectivity index (χ2v) is 7.43. The highest BCUT2D eigenvalue weighted by molar-refractivity contribution is 5.74. The molecule has 1 unspecified atom stereocenters. The van der Waals surface area contributed by atoms with E-state index in [4.69, 9.17) is 0 Å². The molecule has 4 aliphatic rings. The minimum Gasteiger partial charge on any atom is -0.393 e. The zero-order chi connectivity index (χ0) is 14.2. The molecule has 0 radical (unpaired) electrons. The van der Waals surface area contributed by atoms with Crippen molar-refractivity contribution in [1.29, 1.82) is 0 Å². The van der Waals surface area contributed by atoms with Crippen LogP contribution in [0.1, 0.15) is 58.3 Å². The third-order valence-electron chi connectivity index (χ3n) is 5.65. The second-order valence-electron chi connectivity index (χ2n) is 7.43. The maximum absolute atomic E-state index is 12.1. The molecule has 4 bridgehead atoms. The van der Waals surface area contributed by atoms with Crippen LogP contribution in [0.5, 0.6) is 0 Å². The Labute approximate surface area is 121 Å². The normalized spacial score (nSPS) is 39.6. The fourth-order valence-electron chi connectivity index (χ4n) is 5.11. The number of carbonyl (C=O) groups is 1. The van der Waals surface area contributed by atoms with Gasteiger partial charge in [-0.3, -0.25) is 0 Å². The van der Waals surface area contributed by atoms with Crippen molar-refractivity contribution >= 4 is 6.03 Å². The lowest BCUT2D eigenvalue weighted by Gasteiger charge is -2.56. The van der Waals surface area contributed by atoms with Gasteiger partial charge in [0.15, 0.2) is 0 Å². The van der Waals surface area contributed by atoms with Crippen molar-refractivity contribution in [3.05, 3.63) is 0 Å². The van der Waals surface area contributed by atoms with Crippen molar-refractivity contribution in [2.24, 2.45) is 17.8 Å². The molecule has 0 saturated heterocycles. The van der Waals surface area contributed by atoms with E-state index in [0.29, 0.717) is 13.0 Å². The molecule has 0 heterocycles. The first-order chi connectivity index (χ1) is 9.58. The van der Waals surface area contributed by atoms with E-state index in [1.165, 1.54) is 38.5 Å². The predicted octanol–water partition coefficient (Wildman–Crippen LogP) is 2.42. The average Bonchev–Trinajstić information content (AvgIpc) is 2.36. The number of nitrogens with one attached hydrogen (secondary N) is 2. The van der Waals surface area contributed by atoms with Crippen molar-refractivity contribution in [3.63, 3.8) is 0 Å². The standard InChI is InChI=1S/C16H28N2O2/c1-2-14(19)3-4-17-15(20)18-16-8-11-5-12(9-16)7-13(6-11)10-16/h11-14,19H,2-10H2,1H3,(H2,17,18,20). The molecule has 4 rings (SSSR count). The molecule has 0 aromatic carbocycles. The molecule has 0 aliphatic heterocycles. The molecule has 0 aromatic rings. The molecule has 4 fully saturated rings. The maximum Gasteiger partial charge on any atom is 0.315 e. The van der Waals surface area contributed by atoms with Crippen LogP contribution in [0.15, 0.2) is 0 Å². The van der Waals surface area contributed by atoms with Crippen LogP contribution in [-0.2, 0) is 0 Å². The third-order valence-corrected chi connectivity index (χ3v) is 5.65. The van der Waals surface area contributed by atoms with Crippen LogP contribution in [0, 0.1) is 17.8 Å². The Hall–Kier alpha value is -0.770. The molecule has 0 aromatic heterocycles. The van der Waals surface area contributed by atoms with Crippen LogP contribution in [-0.4, -0.2) is 29.3 Å². The zero-order valence-electron chi connectivity index (χ0n) is 12.5. The summed E-state index contributed by atoms with van der Waals surface area (Å²) in [6.45, 7) is 2.52. The number of amides is 2. The van der Waals surface area contributed by atoms with E-state index >= 15 is 0 Å². The van der Waals surface area contributed by atoms with Gasteiger partial charge in [-0.1, -0.05) is 6.92 Å². The summed E-state index contributed by atoms with van der Waals surface area (Å²) in [5.41, 5.74) is 0.0855. The van der Waals surface area contributed by atoms with Crippen molar-refractivity contribution in [2.75, 3.05) is 6.54 Å². The van der Waals surface area contributed by atoms with E-state index in [0.717, 1.165) is 24.2 Å². The Morgan fingerprint density at radius 1 is 1.20 bits per heavy atom. The van der Waals surface area contributed by atoms with Crippen LogP contribution in [0.4, 0.5) is 4.79 Å². The summed E-state index contributed by atoms with van der Waals surface area (Å²) >= 11 is 0. The fraction of sp³-hybridized carbons (Fsp3) is 0.938. The fourth-order valence-corrected chi connectivity index (χ4v) is 5.11. The van der Waals surface area contributed by atoms with E-state index in [2.05, 4.69) is 10.6 Å². The highest BCUT2D eigenvalue weighted by Gasteiger charge is 2.51. The number of aliphatic hydroxyl groups is 1. The average molecular weight is 280 g/mol. The largest absolute Gasteiger partial charge is 0.393 e. The lowest BCUT2D eigenvalue weighted by Crippen LogP contribution is -2.61. The smallest absolute Gasteiger partial charge is 0.315 e. The summed E-state index contributed by atoms with van der Waals surface area (Å²) in [5, 5.41) is 15.7. The molecule has 2 amide bonds. The first-order valence-electron chi connectivity index (χ1n) is 8.32. The number of rotatable bonds is 5. The Kier molecular flexibility index (Phi) is 3.93. The Morgan fingerprint density at radius 2 is 1.75 bits per heavy atom. The van der Waals surface area contributed by atoms with Gasteiger partial charge in [-0.25, -0.2) is 4.79 Å². The summed E-state index contributed by atoms with van der Waals surface area (Å²) < 4.78 is 0. The monoisotopic (exact) mass is 280 g/mol. The van der Waals surface area contributed by atoms with Crippen LogP contribution in [0.25, 0.3) is 0 Å². The molecule has 4 nitrogen and oxygen atoms in total.